The Bertz CT molecular complexity index is 1150. The van der Waals surface area contributed by atoms with Crippen LogP contribution in [0.1, 0.15) is 49.8 Å². The number of carbonyl (C=O) groups is 1. The molecule has 3 aromatic rings. The Morgan fingerprint density at radius 3 is 2.90 bits per heavy atom. The van der Waals surface area contributed by atoms with Crippen LogP contribution in [0.5, 0.6) is 0 Å². The standard InChI is InChI=1S/C22H27N5O2S/c1-4-5-6-9-23-19(28)11-16-13-30-22-25-20-17(21(29)26(16)22)12-24-27(20)18-8-7-14(2)10-15(18)3/h7-8,10,12,16H,4-6,9,11,13H2,1-3H3,(H,23,28). The normalized spacial score (nSPS) is 15.5. The van der Waals surface area contributed by atoms with Crippen LogP contribution in [0.15, 0.2) is 34.3 Å². The number of rotatable bonds is 7. The van der Waals surface area contributed by atoms with Crippen LogP contribution in [0.25, 0.3) is 16.7 Å². The summed E-state index contributed by atoms with van der Waals surface area (Å²) < 4.78 is 3.41. The Kier molecular flexibility index (Phi) is 5.94. The molecule has 0 radical (unpaired) electrons. The molecule has 7 nitrogen and oxygen atoms in total. The number of hydrogen-bond donors (Lipinski definition) is 1. The van der Waals surface area contributed by atoms with Crippen LogP contribution in [-0.4, -0.2) is 37.5 Å². The van der Waals surface area contributed by atoms with E-state index in [4.69, 9.17) is 4.98 Å². The summed E-state index contributed by atoms with van der Waals surface area (Å²) in [6.07, 6.45) is 5.09. The fourth-order valence-corrected chi connectivity index (χ4v) is 5.02. The van der Waals surface area contributed by atoms with Crippen LogP contribution in [0.2, 0.25) is 0 Å². The molecule has 2 aromatic heterocycles. The molecular weight excluding hydrogens is 398 g/mol. The zero-order valence-electron chi connectivity index (χ0n) is 17.6. The molecule has 1 aromatic carbocycles. The SMILES string of the molecule is CCCCCNC(=O)CC1CSc2nc3c(cnn3-c3ccc(C)cc3C)c(=O)n21. The fraction of sp³-hybridized carbons (Fsp3) is 0.455. The lowest BCUT2D eigenvalue weighted by Crippen LogP contribution is -2.31. The average molecular weight is 426 g/mol. The lowest BCUT2D eigenvalue weighted by molar-refractivity contribution is -0.121. The van der Waals surface area contributed by atoms with Gasteiger partial charge in [0, 0.05) is 18.7 Å². The Labute approximate surface area is 179 Å². The molecule has 1 aliphatic heterocycles. The van der Waals surface area contributed by atoms with Crippen molar-refractivity contribution < 1.29 is 4.79 Å². The fourth-order valence-electron chi connectivity index (χ4n) is 3.89. The number of unbranched alkanes of at least 4 members (excludes halogenated alkanes) is 2. The first kappa shape index (κ1) is 20.7. The number of fused-ring (bicyclic) bond motifs is 2. The number of aromatic nitrogens is 4. The van der Waals surface area contributed by atoms with Crippen LogP contribution < -0.4 is 10.9 Å². The molecule has 0 bridgehead atoms. The maximum absolute atomic E-state index is 13.2. The van der Waals surface area contributed by atoms with Crippen LogP contribution in [0.3, 0.4) is 0 Å². The summed E-state index contributed by atoms with van der Waals surface area (Å²) in [5.41, 5.74) is 3.61. The van der Waals surface area contributed by atoms with E-state index in [1.54, 1.807) is 15.4 Å². The number of amides is 1. The average Bonchev–Trinajstić information content (AvgIpc) is 3.31. The minimum Gasteiger partial charge on any atom is -0.356 e. The van der Waals surface area contributed by atoms with Gasteiger partial charge in [0.2, 0.25) is 5.91 Å². The zero-order chi connectivity index (χ0) is 21.3. The number of nitrogens with one attached hydrogen (secondary N) is 1. The highest BCUT2D eigenvalue weighted by Crippen LogP contribution is 2.33. The summed E-state index contributed by atoms with van der Waals surface area (Å²) in [7, 11) is 0. The van der Waals surface area contributed by atoms with Crippen LogP contribution in [0, 0.1) is 13.8 Å². The molecular formula is C22H27N5O2S. The van der Waals surface area contributed by atoms with Gasteiger partial charge >= 0.3 is 0 Å². The van der Waals surface area contributed by atoms with Crippen molar-refractivity contribution in [3.05, 3.63) is 45.9 Å². The molecule has 0 saturated heterocycles. The monoisotopic (exact) mass is 425 g/mol. The van der Waals surface area contributed by atoms with Crippen LogP contribution >= 0.6 is 11.8 Å². The molecule has 3 heterocycles. The molecule has 1 unspecified atom stereocenters. The summed E-state index contributed by atoms with van der Waals surface area (Å²) in [6, 6.07) is 5.94. The molecule has 0 spiro atoms. The van der Waals surface area contributed by atoms with Crippen molar-refractivity contribution in [3.63, 3.8) is 0 Å². The quantitative estimate of drug-likeness (QED) is 0.462. The third-order valence-corrected chi connectivity index (χ3v) is 6.57. The molecule has 1 amide bonds. The van der Waals surface area contributed by atoms with Gasteiger partial charge in [-0.1, -0.05) is 49.2 Å². The van der Waals surface area contributed by atoms with Crippen molar-refractivity contribution >= 4 is 28.7 Å². The Morgan fingerprint density at radius 2 is 2.13 bits per heavy atom. The zero-order valence-corrected chi connectivity index (χ0v) is 18.5. The number of carbonyl (C=O) groups excluding carboxylic acids is 1. The summed E-state index contributed by atoms with van der Waals surface area (Å²) in [4.78, 5) is 30.3. The maximum Gasteiger partial charge on any atom is 0.265 e. The first-order chi connectivity index (χ1) is 14.5. The molecule has 1 aliphatic rings. The third kappa shape index (κ3) is 3.88. The molecule has 1 atom stereocenters. The van der Waals surface area contributed by atoms with Crippen molar-refractivity contribution in [3.8, 4) is 5.69 Å². The van der Waals surface area contributed by atoms with Gasteiger partial charge in [-0.2, -0.15) is 5.10 Å². The lowest BCUT2D eigenvalue weighted by atomic mass is 10.1. The Hall–Kier alpha value is -2.61. The first-order valence-corrected chi connectivity index (χ1v) is 11.5. The van der Waals surface area contributed by atoms with Crippen molar-refractivity contribution in [1.29, 1.82) is 0 Å². The van der Waals surface area contributed by atoms with Crippen molar-refractivity contribution in [2.75, 3.05) is 12.3 Å². The van der Waals surface area contributed by atoms with Gasteiger partial charge in [0.1, 0.15) is 5.39 Å². The summed E-state index contributed by atoms with van der Waals surface area (Å²) >= 11 is 1.52. The smallest absolute Gasteiger partial charge is 0.265 e. The third-order valence-electron chi connectivity index (χ3n) is 5.47. The van der Waals surface area contributed by atoms with Crippen molar-refractivity contribution in [1.82, 2.24) is 24.6 Å². The van der Waals surface area contributed by atoms with Gasteiger partial charge in [0.25, 0.3) is 5.56 Å². The Morgan fingerprint density at radius 1 is 1.30 bits per heavy atom. The second-order valence-electron chi connectivity index (χ2n) is 7.88. The van der Waals surface area contributed by atoms with Crippen LogP contribution in [0.4, 0.5) is 0 Å². The van der Waals surface area contributed by atoms with Gasteiger partial charge < -0.3 is 5.32 Å². The van der Waals surface area contributed by atoms with Gasteiger partial charge in [-0.25, -0.2) is 9.67 Å². The van der Waals surface area contributed by atoms with Crippen molar-refractivity contribution in [2.24, 2.45) is 0 Å². The molecule has 158 valence electrons. The predicted molar refractivity (Wildman–Crippen MR) is 120 cm³/mol. The first-order valence-electron chi connectivity index (χ1n) is 10.5. The van der Waals surface area contributed by atoms with E-state index in [1.165, 1.54) is 17.3 Å². The van der Waals surface area contributed by atoms with E-state index in [9.17, 15) is 9.59 Å². The number of aryl methyl sites for hydroxylation is 2. The molecule has 0 saturated carbocycles. The molecule has 0 fully saturated rings. The van der Waals surface area contributed by atoms with Crippen molar-refractivity contribution in [2.45, 2.75) is 57.7 Å². The topological polar surface area (TPSA) is 81.8 Å². The maximum atomic E-state index is 13.2. The lowest BCUT2D eigenvalue weighted by Gasteiger charge is -2.13. The van der Waals surface area contributed by atoms with E-state index in [0.717, 1.165) is 30.5 Å². The summed E-state index contributed by atoms with van der Waals surface area (Å²) in [5, 5.41) is 8.56. The highest BCUT2D eigenvalue weighted by Gasteiger charge is 2.29. The molecule has 0 aliphatic carbocycles. The minimum absolute atomic E-state index is 0.0116. The number of hydrogen-bond acceptors (Lipinski definition) is 5. The van der Waals surface area contributed by atoms with E-state index < -0.39 is 0 Å². The molecule has 8 heteroatoms. The van der Waals surface area contributed by atoms with E-state index in [2.05, 4.69) is 23.4 Å². The number of benzene rings is 1. The predicted octanol–water partition coefficient (Wildman–Crippen LogP) is 3.54. The van der Waals surface area contributed by atoms with E-state index in [-0.39, 0.29) is 17.5 Å². The molecule has 1 N–H and O–H groups in total. The van der Waals surface area contributed by atoms with Gasteiger partial charge in [-0.05, 0) is 31.9 Å². The number of nitrogens with zero attached hydrogens (tertiary/aromatic N) is 4. The van der Waals surface area contributed by atoms with Gasteiger partial charge in [-0.15, -0.1) is 0 Å². The van der Waals surface area contributed by atoms with Gasteiger partial charge in [-0.3, -0.25) is 14.2 Å². The van der Waals surface area contributed by atoms with Crippen LogP contribution in [-0.2, 0) is 4.79 Å². The number of thioether (sulfide) groups is 1. The van der Waals surface area contributed by atoms with Gasteiger partial charge in [0.15, 0.2) is 10.8 Å². The summed E-state index contributed by atoms with van der Waals surface area (Å²) in [6.45, 7) is 6.90. The molecule has 4 rings (SSSR count). The largest absolute Gasteiger partial charge is 0.356 e. The summed E-state index contributed by atoms with van der Waals surface area (Å²) in [5.74, 6) is 0.663. The van der Waals surface area contributed by atoms with E-state index in [0.29, 0.717) is 34.9 Å². The highest BCUT2D eigenvalue weighted by atomic mass is 32.2. The highest BCUT2D eigenvalue weighted by molar-refractivity contribution is 7.99. The second kappa shape index (κ2) is 8.63. The Balaban J connectivity index is 1.62. The molecule has 30 heavy (non-hydrogen) atoms. The minimum atomic E-state index is -0.176. The van der Waals surface area contributed by atoms with E-state index in [1.807, 2.05) is 26.0 Å². The van der Waals surface area contributed by atoms with E-state index >= 15 is 0 Å². The second-order valence-corrected chi connectivity index (χ2v) is 8.87. The van der Waals surface area contributed by atoms with Gasteiger partial charge in [0.05, 0.1) is 17.9 Å².